The number of morpholine rings is 1. The largest absolute Gasteiger partial charge is 0.481 e. The molecule has 2 aromatic rings. The fourth-order valence-electron chi connectivity index (χ4n) is 2.81. The highest BCUT2D eigenvalue weighted by atomic mass is 16.5. The van der Waals surface area contributed by atoms with E-state index >= 15 is 0 Å². The summed E-state index contributed by atoms with van der Waals surface area (Å²) in [5, 5.41) is 13.1. The molecule has 0 saturated carbocycles. The molecule has 122 valence electrons. The normalized spacial score (nSPS) is 18.3. The van der Waals surface area contributed by atoms with Crippen molar-refractivity contribution in [1.29, 1.82) is 0 Å². The number of aromatic nitrogens is 3. The quantitative estimate of drug-likeness (QED) is 0.893. The second-order valence-corrected chi connectivity index (χ2v) is 5.67. The molecule has 1 amide bonds. The van der Waals surface area contributed by atoms with Gasteiger partial charge in [-0.25, -0.2) is 9.50 Å². The fourth-order valence-corrected chi connectivity index (χ4v) is 2.81. The van der Waals surface area contributed by atoms with Crippen molar-refractivity contribution in [2.24, 2.45) is 0 Å². The first-order valence-corrected chi connectivity index (χ1v) is 7.40. The molecule has 2 aromatic heterocycles. The number of carboxylic acids is 1. The standard InChI is InChI=1S/C15H18N4O4/c1-9-5-10(2)19-14(17-9)12(7-16-19)15(22)18-3-4-23-11(8-18)6-13(20)21/h5,7,11H,3-4,6,8H2,1-2H3,(H,20,21)/t11-/m0/s1. The van der Waals surface area contributed by atoms with Crippen LogP contribution in [0, 0.1) is 13.8 Å². The lowest BCUT2D eigenvalue weighted by atomic mass is 10.2. The molecular weight excluding hydrogens is 300 g/mol. The van der Waals surface area contributed by atoms with Crippen LogP contribution >= 0.6 is 0 Å². The molecule has 23 heavy (non-hydrogen) atoms. The summed E-state index contributed by atoms with van der Waals surface area (Å²) in [5.41, 5.74) is 2.66. The minimum atomic E-state index is -0.937. The molecule has 0 spiro atoms. The molecule has 1 saturated heterocycles. The maximum atomic E-state index is 12.8. The summed E-state index contributed by atoms with van der Waals surface area (Å²) in [6, 6.07) is 1.89. The summed E-state index contributed by atoms with van der Waals surface area (Å²) < 4.78 is 7.04. The van der Waals surface area contributed by atoms with Crippen molar-refractivity contribution in [3.05, 3.63) is 29.2 Å². The third-order valence-corrected chi connectivity index (χ3v) is 3.84. The summed E-state index contributed by atoms with van der Waals surface area (Å²) in [7, 11) is 0. The first kappa shape index (κ1) is 15.4. The molecule has 3 rings (SSSR count). The summed E-state index contributed by atoms with van der Waals surface area (Å²) in [6.07, 6.45) is 0.914. The highest BCUT2D eigenvalue weighted by molar-refractivity contribution is 5.99. The van der Waals surface area contributed by atoms with Gasteiger partial charge in [0.2, 0.25) is 0 Å². The average molecular weight is 318 g/mol. The Morgan fingerprint density at radius 2 is 2.22 bits per heavy atom. The number of carboxylic acid groups (broad SMARTS) is 1. The van der Waals surface area contributed by atoms with E-state index in [1.807, 2.05) is 19.9 Å². The lowest BCUT2D eigenvalue weighted by Crippen LogP contribution is -2.46. The van der Waals surface area contributed by atoms with E-state index in [0.717, 1.165) is 11.4 Å². The minimum absolute atomic E-state index is 0.116. The average Bonchev–Trinajstić information content (AvgIpc) is 2.90. The number of ether oxygens (including phenoxy) is 1. The molecule has 3 heterocycles. The molecule has 1 aliphatic heterocycles. The summed E-state index contributed by atoms with van der Waals surface area (Å²) in [5.74, 6) is -1.13. The Morgan fingerprint density at radius 1 is 1.43 bits per heavy atom. The van der Waals surface area contributed by atoms with Crippen molar-refractivity contribution in [3.63, 3.8) is 0 Å². The number of nitrogens with zero attached hydrogens (tertiary/aromatic N) is 4. The smallest absolute Gasteiger partial charge is 0.306 e. The van der Waals surface area contributed by atoms with Crippen LogP contribution in [0.2, 0.25) is 0 Å². The van der Waals surface area contributed by atoms with E-state index in [1.54, 1.807) is 9.42 Å². The second kappa shape index (κ2) is 5.96. The van der Waals surface area contributed by atoms with Crippen LogP contribution in [0.1, 0.15) is 28.2 Å². The Labute approximate surface area is 132 Å². The van der Waals surface area contributed by atoms with E-state index in [0.29, 0.717) is 24.4 Å². The van der Waals surface area contributed by atoms with Crippen LogP contribution in [0.15, 0.2) is 12.3 Å². The van der Waals surface area contributed by atoms with Gasteiger partial charge in [-0.3, -0.25) is 9.59 Å². The van der Waals surface area contributed by atoms with Gasteiger partial charge in [0.15, 0.2) is 5.65 Å². The van der Waals surface area contributed by atoms with Gasteiger partial charge in [0.25, 0.3) is 5.91 Å². The second-order valence-electron chi connectivity index (χ2n) is 5.67. The molecular formula is C15H18N4O4. The number of carbonyl (C=O) groups excluding carboxylic acids is 1. The topological polar surface area (TPSA) is 97.0 Å². The van der Waals surface area contributed by atoms with E-state index < -0.39 is 12.1 Å². The summed E-state index contributed by atoms with van der Waals surface area (Å²) in [4.78, 5) is 29.6. The van der Waals surface area contributed by atoms with E-state index in [-0.39, 0.29) is 18.9 Å². The van der Waals surface area contributed by atoms with Crippen LogP contribution in [0.5, 0.6) is 0 Å². The Hall–Kier alpha value is -2.48. The van der Waals surface area contributed by atoms with E-state index in [4.69, 9.17) is 9.84 Å². The first-order chi connectivity index (χ1) is 11.0. The van der Waals surface area contributed by atoms with Crippen LogP contribution in [-0.2, 0) is 9.53 Å². The fraction of sp³-hybridized carbons (Fsp3) is 0.467. The van der Waals surface area contributed by atoms with Crippen LogP contribution in [0.3, 0.4) is 0 Å². The summed E-state index contributed by atoms with van der Waals surface area (Å²) >= 11 is 0. The zero-order valence-corrected chi connectivity index (χ0v) is 13.0. The minimum Gasteiger partial charge on any atom is -0.481 e. The zero-order chi connectivity index (χ0) is 16.6. The monoisotopic (exact) mass is 318 g/mol. The van der Waals surface area contributed by atoms with Gasteiger partial charge in [-0.05, 0) is 19.9 Å². The highest BCUT2D eigenvalue weighted by Gasteiger charge is 2.28. The van der Waals surface area contributed by atoms with Crippen molar-refractivity contribution >= 4 is 17.5 Å². The molecule has 0 bridgehead atoms. The number of fused-ring (bicyclic) bond motifs is 1. The number of aliphatic carboxylic acids is 1. The van der Waals surface area contributed by atoms with Gasteiger partial charge in [-0.1, -0.05) is 0 Å². The van der Waals surface area contributed by atoms with Gasteiger partial charge in [0.05, 0.1) is 25.3 Å². The molecule has 1 fully saturated rings. The number of aryl methyl sites for hydroxylation is 2. The predicted molar refractivity (Wildman–Crippen MR) is 80.4 cm³/mol. The lowest BCUT2D eigenvalue weighted by Gasteiger charge is -2.32. The van der Waals surface area contributed by atoms with E-state index in [2.05, 4.69) is 10.1 Å². The van der Waals surface area contributed by atoms with E-state index in [1.165, 1.54) is 6.20 Å². The van der Waals surface area contributed by atoms with Crippen molar-refractivity contribution < 1.29 is 19.4 Å². The number of amides is 1. The number of hydrogen-bond donors (Lipinski definition) is 1. The molecule has 8 heteroatoms. The van der Waals surface area contributed by atoms with Crippen LogP contribution in [-0.4, -0.2) is 62.3 Å². The van der Waals surface area contributed by atoms with Crippen molar-refractivity contribution in [3.8, 4) is 0 Å². The third kappa shape index (κ3) is 3.02. The molecule has 0 aromatic carbocycles. The number of rotatable bonds is 3. The molecule has 0 aliphatic carbocycles. The van der Waals surface area contributed by atoms with E-state index in [9.17, 15) is 9.59 Å². The lowest BCUT2D eigenvalue weighted by molar-refractivity contribution is -0.141. The number of carbonyl (C=O) groups is 2. The SMILES string of the molecule is Cc1cc(C)n2ncc(C(=O)N3CCO[C@@H](CC(=O)O)C3)c2n1. The molecule has 8 nitrogen and oxygen atoms in total. The van der Waals surface area contributed by atoms with Gasteiger partial charge in [-0.2, -0.15) is 5.10 Å². The Morgan fingerprint density at radius 3 is 2.96 bits per heavy atom. The molecule has 1 aliphatic rings. The molecule has 1 atom stereocenters. The third-order valence-electron chi connectivity index (χ3n) is 3.84. The van der Waals surface area contributed by atoms with Crippen molar-refractivity contribution in [2.75, 3.05) is 19.7 Å². The molecule has 0 unspecified atom stereocenters. The Balaban J connectivity index is 1.87. The molecule has 0 radical (unpaired) electrons. The predicted octanol–water partition coefficient (Wildman–Crippen LogP) is 0.662. The van der Waals surface area contributed by atoms with Gasteiger partial charge >= 0.3 is 5.97 Å². The van der Waals surface area contributed by atoms with Crippen LogP contribution in [0.25, 0.3) is 5.65 Å². The maximum Gasteiger partial charge on any atom is 0.306 e. The number of hydrogen-bond acceptors (Lipinski definition) is 5. The van der Waals surface area contributed by atoms with Crippen molar-refractivity contribution in [2.45, 2.75) is 26.4 Å². The van der Waals surface area contributed by atoms with Gasteiger partial charge in [0.1, 0.15) is 5.56 Å². The Kier molecular flexibility index (Phi) is 3.99. The maximum absolute atomic E-state index is 12.8. The molecule has 1 N–H and O–H groups in total. The van der Waals surface area contributed by atoms with Crippen LogP contribution < -0.4 is 0 Å². The highest BCUT2D eigenvalue weighted by Crippen LogP contribution is 2.17. The van der Waals surface area contributed by atoms with Gasteiger partial charge in [0, 0.05) is 24.5 Å². The van der Waals surface area contributed by atoms with Gasteiger partial charge in [-0.15, -0.1) is 0 Å². The summed E-state index contributed by atoms with van der Waals surface area (Å²) in [6.45, 7) is 4.78. The first-order valence-electron chi connectivity index (χ1n) is 7.40. The Bertz CT molecular complexity index is 770. The van der Waals surface area contributed by atoms with Crippen molar-refractivity contribution in [1.82, 2.24) is 19.5 Å². The zero-order valence-electron chi connectivity index (χ0n) is 13.0. The van der Waals surface area contributed by atoms with Gasteiger partial charge < -0.3 is 14.7 Å². The van der Waals surface area contributed by atoms with Crippen LogP contribution in [0.4, 0.5) is 0 Å².